The molecule has 2 aliphatic rings. The first-order chi connectivity index (χ1) is 36.6. The van der Waals surface area contributed by atoms with Gasteiger partial charge in [-0.1, -0.05) is 217 Å². The summed E-state index contributed by atoms with van der Waals surface area (Å²) >= 11 is 0. The predicted octanol–water partition coefficient (Wildman–Crippen LogP) is 10.9. The first kappa shape index (κ1) is 52.3. The van der Waals surface area contributed by atoms with Gasteiger partial charge in [-0.25, -0.2) is 0 Å². The summed E-state index contributed by atoms with van der Waals surface area (Å²) in [6, 6.07) is 67.4. The Balaban J connectivity index is 1.11. The Morgan fingerprint density at radius 1 is 0.378 bits per heavy atom. The molecular weight excluding hydrogens is 935 g/mol. The standard InChI is InChI=1S/C61H63N3O10/c62-64-63-52-55(68-38-46-26-12-3-13-27-46)54(67-37-45-24-10-2-11-25-45)51(43-66-36-44-22-8-1-9-23-44)73-61(52)74-57-53(65)56(69-39-47-28-14-4-15-29-47)58(70-40-48-30-16-5-17-31-48)60(72-42-50-34-20-7-21-35-50)59(57)71-41-49-32-18-6-19-33-49/h1-35,51-61,65H,36-43H2/t51-,52-,53-,54+,55-,56-,57+,58+,59+,60+,61-/m1/s1. The van der Waals surface area contributed by atoms with Gasteiger partial charge >= 0.3 is 0 Å². The lowest BCUT2D eigenvalue weighted by molar-refractivity contribution is -0.338. The maximum Gasteiger partial charge on any atom is 0.169 e. The van der Waals surface area contributed by atoms with Crippen LogP contribution in [0.25, 0.3) is 10.4 Å². The van der Waals surface area contributed by atoms with E-state index in [-0.39, 0.29) is 52.9 Å². The van der Waals surface area contributed by atoms with Crippen molar-refractivity contribution in [1.29, 1.82) is 0 Å². The molecule has 9 rings (SSSR count). The van der Waals surface area contributed by atoms with Crippen molar-refractivity contribution in [2.75, 3.05) is 6.61 Å². The van der Waals surface area contributed by atoms with Crippen molar-refractivity contribution in [2.45, 2.75) is 114 Å². The minimum atomic E-state index is -1.42. The van der Waals surface area contributed by atoms with E-state index in [1.165, 1.54) is 0 Å². The molecule has 0 bridgehead atoms. The molecule has 11 atom stereocenters. The van der Waals surface area contributed by atoms with Crippen LogP contribution in [0.2, 0.25) is 0 Å². The van der Waals surface area contributed by atoms with Crippen LogP contribution in [0.4, 0.5) is 0 Å². The van der Waals surface area contributed by atoms with E-state index in [9.17, 15) is 10.6 Å². The first-order valence-corrected chi connectivity index (χ1v) is 25.2. The lowest BCUT2D eigenvalue weighted by Crippen LogP contribution is -2.69. The Bertz CT molecular complexity index is 2710. The average Bonchev–Trinajstić information content (AvgIpc) is 3.46. The second-order valence-corrected chi connectivity index (χ2v) is 18.4. The van der Waals surface area contributed by atoms with Crippen molar-refractivity contribution in [3.63, 3.8) is 0 Å². The van der Waals surface area contributed by atoms with Crippen molar-refractivity contribution in [2.24, 2.45) is 5.11 Å². The molecule has 0 unspecified atom stereocenters. The zero-order valence-corrected chi connectivity index (χ0v) is 41.2. The number of aliphatic hydroxyl groups is 1. The van der Waals surface area contributed by atoms with Crippen LogP contribution in [0.3, 0.4) is 0 Å². The van der Waals surface area contributed by atoms with E-state index in [0.29, 0.717) is 0 Å². The molecule has 13 heteroatoms. The van der Waals surface area contributed by atoms with E-state index < -0.39 is 67.3 Å². The molecule has 2 fully saturated rings. The van der Waals surface area contributed by atoms with E-state index in [1.807, 2.05) is 212 Å². The van der Waals surface area contributed by atoms with Crippen LogP contribution in [-0.2, 0) is 88.9 Å². The summed E-state index contributed by atoms with van der Waals surface area (Å²) in [6.45, 7) is 1.31. The third-order valence-corrected chi connectivity index (χ3v) is 13.2. The highest BCUT2D eigenvalue weighted by molar-refractivity contribution is 5.20. The van der Waals surface area contributed by atoms with Gasteiger partial charge in [-0.05, 0) is 44.5 Å². The Morgan fingerprint density at radius 3 is 1.04 bits per heavy atom. The molecular formula is C61H63N3O10. The highest BCUT2D eigenvalue weighted by Crippen LogP contribution is 2.38. The highest BCUT2D eigenvalue weighted by Gasteiger charge is 2.57. The minimum absolute atomic E-state index is 0.0462. The highest BCUT2D eigenvalue weighted by atomic mass is 16.7. The van der Waals surface area contributed by atoms with Gasteiger partial charge in [0.2, 0.25) is 0 Å². The van der Waals surface area contributed by atoms with E-state index in [0.717, 1.165) is 38.9 Å². The van der Waals surface area contributed by atoms with Crippen LogP contribution in [0, 0.1) is 0 Å². The Labute approximate surface area is 433 Å². The Kier molecular flexibility index (Phi) is 19.6. The largest absolute Gasteiger partial charge is 0.387 e. The van der Waals surface area contributed by atoms with E-state index >= 15 is 0 Å². The fourth-order valence-electron chi connectivity index (χ4n) is 9.39. The molecule has 1 aliphatic carbocycles. The topological polar surface area (TPSA) is 152 Å². The molecule has 7 aromatic rings. The smallest absolute Gasteiger partial charge is 0.169 e. The average molecular weight is 998 g/mol. The zero-order chi connectivity index (χ0) is 50.6. The number of nitrogens with zero attached hydrogens (tertiary/aromatic N) is 3. The molecule has 0 aromatic heterocycles. The van der Waals surface area contributed by atoms with Gasteiger partial charge in [-0.2, -0.15) is 0 Å². The Hall–Kier alpha value is -6.55. The molecule has 13 nitrogen and oxygen atoms in total. The van der Waals surface area contributed by atoms with Crippen molar-refractivity contribution >= 4 is 0 Å². The number of rotatable bonds is 25. The maximum absolute atomic E-state index is 13.1. The van der Waals surface area contributed by atoms with Gasteiger partial charge in [0.15, 0.2) is 6.29 Å². The van der Waals surface area contributed by atoms with Crippen LogP contribution >= 0.6 is 0 Å². The molecule has 0 amide bonds. The summed E-state index contributed by atoms with van der Waals surface area (Å²) in [4.78, 5) is 3.36. The fraction of sp³-hybridized carbons (Fsp3) is 0.311. The first-order valence-electron chi connectivity index (χ1n) is 25.2. The number of azide groups is 1. The molecule has 1 heterocycles. The summed E-state index contributed by atoms with van der Waals surface area (Å²) in [5.41, 5.74) is 16.8. The number of hydrogen-bond acceptors (Lipinski definition) is 11. The molecule has 74 heavy (non-hydrogen) atoms. The molecule has 1 saturated heterocycles. The van der Waals surface area contributed by atoms with E-state index in [4.69, 9.17) is 42.6 Å². The van der Waals surface area contributed by atoms with Gasteiger partial charge < -0.3 is 47.7 Å². The third kappa shape index (κ3) is 14.6. The van der Waals surface area contributed by atoms with E-state index in [1.54, 1.807) is 0 Å². The van der Waals surface area contributed by atoms with Crippen molar-refractivity contribution < 1.29 is 47.7 Å². The zero-order valence-electron chi connectivity index (χ0n) is 41.2. The van der Waals surface area contributed by atoms with Crippen LogP contribution < -0.4 is 0 Å². The van der Waals surface area contributed by atoms with Crippen molar-refractivity contribution in [3.8, 4) is 0 Å². The number of hydrogen-bond donors (Lipinski definition) is 1. The fourth-order valence-corrected chi connectivity index (χ4v) is 9.39. The summed E-state index contributed by atoms with van der Waals surface area (Å²) < 4.78 is 62.0. The van der Waals surface area contributed by atoms with Crippen LogP contribution in [0.5, 0.6) is 0 Å². The number of benzene rings is 7. The second kappa shape index (κ2) is 27.7. The molecule has 0 spiro atoms. The van der Waals surface area contributed by atoms with Crippen molar-refractivity contribution in [3.05, 3.63) is 262 Å². The summed E-state index contributed by atoms with van der Waals surface area (Å²) in [7, 11) is 0. The van der Waals surface area contributed by atoms with Gasteiger partial charge in [0.1, 0.15) is 61.0 Å². The minimum Gasteiger partial charge on any atom is -0.387 e. The summed E-state index contributed by atoms with van der Waals surface area (Å²) in [6.07, 6.45) is -10.5. The molecule has 1 aliphatic heterocycles. The molecule has 382 valence electrons. The van der Waals surface area contributed by atoms with Crippen LogP contribution in [0.15, 0.2) is 217 Å². The predicted molar refractivity (Wildman–Crippen MR) is 279 cm³/mol. The van der Waals surface area contributed by atoms with Crippen LogP contribution in [0.1, 0.15) is 38.9 Å². The van der Waals surface area contributed by atoms with Crippen LogP contribution in [-0.4, -0.2) is 79.0 Å². The van der Waals surface area contributed by atoms with Gasteiger partial charge in [0, 0.05) is 4.91 Å². The quantitative estimate of drug-likeness (QED) is 0.0333. The van der Waals surface area contributed by atoms with Crippen molar-refractivity contribution in [1.82, 2.24) is 0 Å². The maximum atomic E-state index is 13.1. The summed E-state index contributed by atoms with van der Waals surface area (Å²) in [5, 5.41) is 17.5. The molecule has 0 radical (unpaired) electrons. The molecule has 7 aromatic carbocycles. The summed E-state index contributed by atoms with van der Waals surface area (Å²) in [5.74, 6) is 0. The van der Waals surface area contributed by atoms with Gasteiger partial charge in [-0.3, -0.25) is 0 Å². The second-order valence-electron chi connectivity index (χ2n) is 18.4. The SMILES string of the molecule is [N-]=[N+]=N[C@H]1[C@@H](O[C@H]2[C@H](O)[C@@H](OCc3ccccc3)[C@H](OCc3ccccc3)[C@H](OCc3ccccc3)[C@H]2OCc2ccccc2)O[C@H](COCc2ccccc2)[C@H](OCc2ccccc2)[C@@H]1OCc1ccccc1. The van der Waals surface area contributed by atoms with Gasteiger partial charge in [-0.15, -0.1) is 0 Å². The molecule has 1 N–H and O–H groups in total. The monoisotopic (exact) mass is 997 g/mol. The lowest BCUT2D eigenvalue weighted by Gasteiger charge is -2.51. The normalized spacial score (nSPS) is 24.7. The lowest BCUT2D eigenvalue weighted by atomic mass is 9.83. The number of aliphatic hydroxyl groups excluding tert-OH is 1. The molecule has 1 saturated carbocycles. The van der Waals surface area contributed by atoms with E-state index in [2.05, 4.69) is 10.0 Å². The van der Waals surface area contributed by atoms with Gasteiger partial charge in [0.05, 0.1) is 52.9 Å². The number of ether oxygens (including phenoxy) is 9. The third-order valence-electron chi connectivity index (χ3n) is 13.2. The van der Waals surface area contributed by atoms with Gasteiger partial charge in [0.25, 0.3) is 0 Å². The Morgan fingerprint density at radius 2 is 0.676 bits per heavy atom.